The molecule has 5 heterocycles. The van der Waals surface area contributed by atoms with Crippen molar-refractivity contribution < 1.29 is 57.7 Å². The lowest BCUT2D eigenvalue weighted by Gasteiger charge is -2.49. The summed E-state index contributed by atoms with van der Waals surface area (Å²) < 4.78 is 25.9. The molecular weight excluding hydrogens is 1470 g/mol. The van der Waals surface area contributed by atoms with Gasteiger partial charge in [0.05, 0.1) is 5.56 Å². The number of hydrogen-bond donors (Lipinski definition) is 3. The predicted octanol–water partition coefficient (Wildman–Crippen LogP) is 15.5. The van der Waals surface area contributed by atoms with E-state index in [1.165, 1.54) is 56.4 Å². The Kier molecular flexibility index (Phi) is 22.3. The molecule has 112 heavy (non-hydrogen) atoms. The fraction of sp³-hybridized carbons (Fsp3) is 0.125. The molecule has 0 aliphatic carbocycles. The number of carbonyl (C=O) groups excluding carboxylic acids is 6. The average molecular weight is 1540 g/mol. The van der Waals surface area contributed by atoms with Gasteiger partial charge in [-0.05, 0) is 80.8 Å². The van der Waals surface area contributed by atoms with Crippen LogP contribution in [0.15, 0.2) is 318 Å². The summed E-state index contributed by atoms with van der Waals surface area (Å²) in [6.45, 7) is 2.33. The number of ether oxygens (including phenoxy) is 4. The highest BCUT2D eigenvalue weighted by Crippen LogP contribution is 2.45. The van der Waals surface area contributed by atoms with E-state index in [0.717, 1.165) is 34.7 Å². The van der Waals surface area contributed by atoms with E-state index in [1.54, 1.807) is 18.4 Å². The van der Waals surface area contributed by atoms with E-state index < -0.39 is 89.0 Å². The quantitative estimate of drug-likeness (QED) is 0.00497. The lowest BCUT2D eigenvalue weighted by molar-refractivity contribution is -0.154. The average Bonchev–Trinajstić information content (AvgIpc) is 0.739. The van der Waals surface area contributed by atoms with Gasteiger partial charge in [0.1, 0.15) is 40.0 Å². The van der Waals surface area contributed by atoms with Gasteiger partial charge in [0, 0.05) is 35.1 Å². The Morgan fingerprint density at radius 3 is 1.52 bits per heavy atom. The minimum atomic E-state index is -1.29. The summed E-state index contributed by atoms with van der Waals surface area (Å²) in [4.78, 5) is 110. The zero-order valence-corrected chi connectivity index (χ0v) is 62.5. The second-order valence-corrected chi connectivity index (χ2v) is 29.1. The van der Waals surface area contributed by atoms with E-state index in [4.69, 9.17) is 28.8 Å². The zero-order valence-electron chi connectivity index (χ0n) is 60.1. The minimum absolute atomic E-state index is 0.00557. The number of benzene rings is 10. The number of thiazole rings is 1. The van der Waals surface area contributed by atoms with E-state index in [0.29, 0.717) is 43.7 Å². The van der Waals surface area contributed by atoms with Crippen molar-refractivity contribution in [2.75, 3.05) is 16.8 Å². The Hall–Kier alpha value is -13.3. The number of carbonyl (C=O) groups is 6. The van der Waals surface area contributed by atoms with Crippen LogP contribution in [0, 0.1) is 6.92 Å². The number of nitrogens with zero attached hydrogens (tertiary/aromatic N) is 7. The third-order valence-electron chi connectivity index (χ3n) is 18.7. The molecule has 21 nitrogen and oxygen atoms in total. The van der Waals surface area contributed by atoms with Crippen LogP contribution in [0.4, 0.5) is 5.13 Å². The van der Waals surface area contributed by atoms with Gasteiger partial charge in [0.2, 0.25) is 0 Å². The van der Waals surface area contributed by atoms with Crippen molar-refractivity contribution in [1.82, 2.24) is 34.8 Å². The fourth-order valence-corrected chi connectivity index (χ4v) is 16.7. The number of esters is 4. The summed E-state index contributed by atoms with van der Waals surface area (Å²) in [5.74, 6) is -5.56. The monoisotopic (exact) mass is 1540 g/mol. The number of phenolic OH excluding ortho intramolecular Hbond substituents is 1. The minimum Gasteiger partial charge on any atom is -0.504 e. The number of β-lactam (4-membered cyclic amide) rings is 1. The Morgan fingerprint density at radius 2 is 1.04 bits per heavy atom. The molecule has 0 bridgehead atoms. The molecule has 556 valence electrons. The zero-order chi connectivity index (χ0) is 77.1. The first kappa shape index (κ1) is 74.2. The largest absolute Gasteiger partial charge is 0.504 e. The molecule has 2 atom stereocenters. The van der Waals surface area contributed by atoms with Crippen LogP contribution < -0.4 is 15.4 Å². The third kappa shape index (κ3) is 16.1. The number of thioether (sulfide) groups is 2. The van der Waals surface area contributed by atoms with E-state index >= 15 is 14.4 Å². The molecule has 24 heteroatoms. The second kappa shape index (κ2) is 33.7. The van der Waals surface area contributed by atoms with Gasteiger partial charge in [0.25, 0.3) is 23.4 Å². The van der Waals surface area contributed by atoms with Gasteiger partial charge >= 0.3 is 23.9 Å². The standard InChI is InChI=1S/C88H69N9O12S3/c1-55-48-72(97-86(89-55)92-79(94-97)85(104)109-78(61-38-20-7-21-39-61)62-40-22-8-23-41-62)110-52-64-53-111-82-74(81(101)96(82)75(64)84(103)108-77(59-34-16-5-17-35-59)60-36-18-6-19-37-60)91-80(100)73(69-54-112-87(90-69)93-88(65-42-24-9-25-43-65,66-44-26-10-27-45-66)67-46-28-11-29-47-67)95-105-51-63-49-70(99)71(106-56(2)98)50-68(63)83(102)107-76(57-30-12-3-13-31-57)58-32-14-4-15-33-58/h3-50,54,74,76-78,82,99H,51-53H2,1-2H3,(H,90,93)(H,91,100)/b95-73-/t74-,82-/m1/s1. The Morgan fingerprint density at radius 1 is 0.589 bits per heavy atom. The van der Waals surface area contributed by atoms with Crippen molar-refractivity contribution >= 4 is 87.2 Å². The second-order valence-electron chi connectivity index (χ2n) is 26.1. The SMILES string of the molecule is CC(=O)Oc1cc(C(=O)OC(c2ccccc2)c2ccccc2)c(CO/N=C(\C(=O)N[C@@H]2C(=O)N3C(C(=O)OC(c4ccccc4)c4ccccc4)=C(CSc4cc(C)nc5nc(C(=O)OC(c6ccccc6)c6ccccc6)nn45)CS[C@H]23)c2csc(NC(c3ccccc3)(c3ccccc3)c3ccccc3)n2)cc1O. The van der Waals surface area contributed by atoms with E-state index in [9.17, 15) is 19.5 Å². The molecule has 2 amide bonds. The number of phenols is 1. The number of rotatable bonds is 27. The maximum Gasteiger partial charge on any atom is 0.379 e. The van der Waals surface area contributed by atoms with Crippen molar-refractivity contribution in [3.8, 4) is 11.5 Å². The number of oxime groups is 1. The molecule has 0 unspecified atom stereocenters. The van der Waals surface area contributed by atoms with E-state index in [-0.39, 0.29) is 51.4 Å². The van der Waals surface area contributed by atoms with Crippen molar-refractivity contribution in [3.05, 3.63) is 386 Å². The molecule has 1 fully saturated rings. The first-order valence-corrected chi connectivity index (χ1v) is 38.6. The lowest BCUT2D eigenvalue weighted by atomic mass is 9.77. The van der Waals surface area contributed by atoms with Gasteiger partial charge in [-0.3, -0.25) is 19.3 Å². The Balaban J connectivity index is 0.769. The number of amides is 2. The summed E-state index contributed by atoms with van der Waals surface area (Å²) >= 11 is 3.76. The molecule has 13 aromatic rings. The van der Waals surface area contributed by atoms with Crippen LogP contribution in [0.3, 0.4) is 0 Å². The van der Waals surface area contributed by atoms with Crippen LogP contribution in [-0.2, 0) is 50.4 Å². The Bertz CT molecular complexity index is 5430. The van der Waals surface area contributed by atoms with E-state index in [1.807, 2.05) is 273 Å². The van der Waals surface area contributed by atoms with Gasteiger partial charge in [-0.15, -0.1) is 40.0 Å². The number of aromatic nitrogens is 5. The van der Waals surface area contributed by atoms with Crippen LogP contribution in [-0.4, -0.2) is 98.9 Å². The smallest absolute Gasteiger partial charge is 0.379 e. The fourth-order valence-electron chi connectivity index (χ4n) is 13.5. The number of nitrogens with one attached hydrogen (secondary N) is 2. The molecule has 0 saturated carbocycles. The summed E-state index contributed by atoms with van der Waals surface area (Å²) in [5.41, 5.74) is 6.11. The number of hydrogen-bond acceptors (Lipinski definition) is 21. The summed E-state index contributed by atoms with van der Waals surface area (Å²) in [6, 6.07) is 87.7. The van der Waals surface area contributed by atoms with Gasteiger partial charge in [-0.1, -0.05) is 278 Å². The van der Waals surface area contributed by atoms with Crippen LogP contribution in [0.25, 0.3) is 5.78 Å². The molecule has 3 N–H and O–H groups in total. The molecular formula is C88H69N9O12S3. The van der Waals surface area contributed by atoms with Crippen LogP contribution >= 0.6 is 34.9 Å². The molecule has 2 aliphatic heterocycles. The van der Waals surface area contributed by atoms with Gasteiger partial charge in [0.15, 0.2) is 40.7 Å². The summed E-state index contributed by atoms with van der Waals surface area (Å²) in [7, 11) is 0. The normalized spacial score (nSPS) is 14.1. The number of fused-ring (bicyclic) bond motifs is 2. The van der Waals surface area contributed by atoms with Crippen molar-refractivity contribution in [2.45, 2.75) is 60.7 Å². The third-order valence-corrected chi connectivity index (χ3v) is 21.9. The molecule has 2 aliphatic rings. The van der Waals surface area contributed by atoms with Gasteiger partial charge in [-0.2, -0.15) is 9.50 Å². The van der Waals surface area contributed by atoms with E-state index in [2.05, 4.69) is 30.9 Å². The van der Waals surface area contributed by atoms with Crippen molar-refractivity contribution in [1.29, 1.82) is 0 Å². The predicted molar refractivity (Wildman–Crippen MR) is 425 cm³/mol. The lowest BCUT2D eigenvalue weighted by Crippen LogP contribution is -2.71. The Labute approximate surface area is 656 Å². The van der Waals surface area contributed by atoms with Crippen LogP contribution in [0.2, 0.25) is 0 Å². The maximum atomic E-state index is 15.6. The summed E-state index contributed by atoms with van der Waals surface area (Å²) in [6.07, 6.45) is -2.63. The van der Waals surface area contributed by atoms with Crippen molar-refractivity contribution in [3.63, 3.8) is 0 Å². The molecule has 3 aromatic heterocycles. The van der Waals surface area contributed by atoms with Gasteiger partial charge < -0.3 is 39.5 Å². The molecule has 0 spiro atoms. The first-order valence-electron chi connectivity index (χ1n) is 35.7. The molecule has 10 aromatic carbocycles. The molecule has 0 radical (unpaired) electrons. The highest BCUT2D eigenvalue weighted by molar-refractivity contribution is 8.01. The summed E-state index contributed by atoms with van der Waals surface area (Å²) in [5, 5.41) is 28.8. The number of anilines is 1. The van der Waals surface area contributed by atoms with Crippen LogP contribution in [0.5, 0.6) is 11.5 Å². The highest BCUT2D eigenvalue weighted by atomic mass is 32.2. The number of aromatic hydroxyl groups is 1. The topological polar surface area (TPSA) is 264 Å². The van der Waals surface area contributed by atoms with Gasteiger partial charge in [-0.25, -0.2) is 24.4 Å². The van der Waals surface area contributed by atoms with Crippen molar-refractivity contribution in [2.24, 2.45) is 5.16 Å². The highest BCUT2D eigenvalue weighted by Gasteiger charge is 2.55. The maximum absolute atomic E-state index is 15.6. The van der Waals surface area contributed by atoms with Crippen LogP contribution in [0.1, 0.15) is 113 Å². The molecule has 1 saturated heterocycles. The molecule has 15 rings (SSSR count). The number of aryl methyl sites for hydroxylation is 1. The first-order chi connectivity index (χ1) is 54.7.